The Balaban J connectivity index is 1.89. The van der Waals surface area contributed by atoms with Gasteiger partial charge in [-0.15, -0.1) is 0 Å². The zero-order chi connectivity index (χ0) is 27.8. The number of benzene rings is 3. The molecule has 1 atom stereocenters. The van der Waals surface area contributed by atoms with Crippen LogP contribution in [0.5, 0.6) is 5.75 Å². The highest BCUT2D eigenvalue weighted by molar-refractivity contribution is 9.10. The van der Waals surface area contributed by atoms with Crippen molar-refractivity contribution in [2.45, 2.75) is 38.6 Å². The van der Waals surface area contributed by atoms with Crippen LogP contribution in [0.4, 0.5) is 5.69 Å². The number of aliphatic carboxylic acids is 1. The number of hydrogen-bond donors (Lipinski definition) is 2. The first-order chi connectivity index (χ1) is 17.9. The van der Waals surface area contributed by atoms with Gasteiger partial charge in [-0.25, -0.2) is 0 Å². The Labute approximate surface area is 229 Å². The highest BCUT2D eigenvalue weighted by Crippen LogP contribution is 2.43. The van der Waals surface area contributed by atoms with Crippen LogP contribution in [0.2, 0.25) is 0 Å². The Kier molecular flexibility index (Phi) is 7.47. The molecule has 0 saturated carbocycles. The third-order valence-corrected chi connectivity index (χ3v) is 7.15. The summed E-state index contributed by atoms with van der Waals surface area (Å²) in [5, 5.41) is 20.5. The first-order valence-electron chi connectivity index (χ1n) is 12.0. The summed E-state index contributed by atoms with van der Waals surface area (Å²) in [5.74, 6) is -2.31. The highest BCUT2D eigenvalue weighted by atomic mass is 79.9. The molecule has 2 N–H and O–H groups in total. The molecule has 1 amide bonds. The molecule has 0 spiro atoms. The molecule has 0 aromatic heterocycles. The third-order valence-electron chi connectivity index (χ3n) is 6.53. The van der Waals surface area contributed by atoms with E-state index in [1.165, 1.54) is 12.0 Å². The fraction of sp³-hybridized carbons (Fsp3) is 0.233. The van der Waals surface area contributed by atoms with E-state index >= 15 is 0 Å². The van der Waals surface area contributed by atoms with Crippen LogP contribution in [0.3, 0.4) is 0 Å². The van der Waals surface area contributed by atoms with Gasteiger partial charge < -0.3 is 14.9 Å². The molecule has 4 rings (SSSR count). The van der Waals surface area contributed by atoms with Crippen LogP contribution in [0.1, 0.15) is 49.1 Å². The van der Waals surface area contributed by atoms with Crippen LogP contribution >= 0.6 is 15.9 Å². The smallest absolute Gasteiger partial charge is 0.307 e. The van der Waals surface area contributed by atoms with Crippen LogP contribution < -0.4 is 9.64 Å². The Hall–Kier alpha value is -3.91. The number of carboxylic acids is 1. The number of methoxy groups -OCH3 is 1. The van der Waals surface area contributed by atoms with Crippen molar-refractivity contribution >= 4 is 45.0 Å². The van der Waals surface area contributed by atoms with E-state index in [2.05, 4.69) is 36.7 Å². The lowest BCUT2D eigenvalue weighted by Crippen LogP contribution is -2.29. The van der Waals surface area contributed by atoms with E-state index in [9.17, 15) is 19.5 Å². The molecule has 38 heavy (non-hydrogen) atoms. The van der Waals surface area contributed by atoms with E-state index in [1.54, 1.807) is 42.5 Å². The van der Waals surface area contributed by atoms with E-state index in [0.29, 0.717) is 32.6 Å². The van der Waals surface area contributed by atoms with Gasteiger partial charge in [-0.2, -0.15) is 0 Å². The molecule has 1 saturated heterocycles. The summed E-state index contributed by atoms with van der Waals surface area (Å²) in [6.07, 6.45) is -0.164. The molecule has 3 aromatic carbocycles. The van der Waals surface area contributed by atoms with Crippen LogP contribution in [0.15, 0.2) is 76.8 Å². The van der Waals surface area contributed by atoms with Crippen molar-refractivity contribution in [3.8, 4) is 5.75 Å². The van der Waals surface area contributed by atoms with Crippen LogP contribution in [0.25, 0.3) is 5.76 Å². The number of carboxylic acid groups (broad SMARTS) is 1. The number of amides is 1. The van der Waals surface area contributed by atoms with Crippen molar-refractivity contribution in [1.29, 1.82) is 0 Å². The fourth-order valence-electron chi connectivity index (χ4n) is 4.50. The number of aliphatic hydroxyl groups excluding tert-OH is 1. The molecule has 196 valence electrons. The fourth-order valence-corrected chi connectivity index (χ4v) is 5.04. The molecular formula is C30H28BrNO6. The minimum Gasteiger partial charge on any atom is -0.507 e. The maximum atomic E-state index is 13.4. The van der Waals surface area contributed by atoms with Gasteiger partial charge in [-0.3, -0.25) is 19.3 Å². The Morgan fingerprint density at radius 3 is 2.13 bits per heavy atom. The maximum absolute atomic E-state index is 13.4. The first kappa shape index (κ1) is 27.1. The molecular weight excluding hydrogens is 550 g/mol. The molecule has 7 nitrogen and oxygen atoms in total. The summed E-state index contributed by atoms with van der Waals surface area (Å²) in [6, 6.07) is 18.1. The number of halogens is 1. The SMILES string of the molecule is COc1ccc(/C(O)=C2/C(=O)C(=O)N(c3ccc(CC(=O)O)cc3)C2c2ccc(C(C)(C)C)cc2)cc1Br. The van der Waals surface area contributed by atoms with Crippen LogP contribution in [-0.4, -0.2) is 35.0 Å². The van der Waals surface area contributed by atoms with Gasteiger partial charge in [0.2, 0.25) is 0 Å². The van der Waals surface area contributed by atoms with E-state index in [0.717, 1.165) is 5.56 Å². The topological polar surface area (TPSA) is 104 Å². The number of rotatable bonds is 6. The van der Waals surface area contributed by atoms with Crippen LogP contribution in [-0.2, 0) is 26.2 Å². The molecule has 8 heteroatoms. The number of ether oxygens (including phenoxy) is 1. The van der Waals surface area contributed by atoms with Gasteiger partial charge in [0, 0.05) is 11.3 Å². The van der Waals surface area contributed by atoms with Gasteiger partial charge in [0.15, 0.2) is 0 Å². The van der Waals surface area contributed by atoms with Crippen molar-refractivity contribution in [2.24, 2.45) is 0 Å². The summed E-state index contributed by atoms with van der Waals surface area (Å²) in [7, 11) is 1.52. The van der Waals surface area contributed by atoms with Gasteiger partial charge in [0.25, 0.3) is 11.7 Å². The third kappa shape index (κ3) is 5.22. The lowest BCUT2D eigenvalue weighted by atomic mass is 9.85. The zero-order valence-corrected chi connectivity index (χ0v) is 23.1. The number of carbonyl (C=O) groups is 3. The first-order valence-corrected chi connectivity index (χ1v) is 12.8. The van der Waals surface area contributed by atoms with E-state index in [-0.39, 0.29) is 23.2 Å². The molecule has 0 radical (unpaired) electrons. The molecule has 0 bridgehead atoms. The minimum absolute atomic E-state index is 0.0369. The normalized spacial score (nSPS) is 17.1. The second kappa shape index (κ2) is 10.5. The van der Waals surface area contributed by atoms with E-state index in [1.807, 2.05) is 24.3 Å². The monoisotopic (exact) mass is 577 g/mol. The Bertz CT molecular complexity index is 1440. The Morgan fingerprint density at radius 1 is 0.974 bits per heavy atom. The largest absolute Gasteiger partial charge is 0.507 e. The van der Waals surface area contributed by atoms with Crippen molar-refractivity contribution in [3.63, 3.8) is 0 Å². The number of ketones is 1. The summed E-state index contributed by atoms with van der Waals surface area (Å²) in [6.45, 7) is 6.27. The predicted molar refractivity (Wildman–Crippen MR) is 148 cm³/mol. The van der Waals surface area contributed by atoms with Gasteiger partial charge in [0.05, 0.1) is 29.6 Å². The standard InChI is InChI=1S/C30H28BrNO6/c1-30(2,3)20-10-7-18(8-11-20)26-25(27(35)19-9-14-23(38-4)22(31)16-19)28(36)29(37)32(26)21-12-5-17(6-13-21)15-24(33)34/h5-14,16,26,35H,15H2,1-4H3,(H,33,34)/b27-25-. The lowest BCUT2D eigenvalue weighted by molar-refractivity contribution is -0.136. The highest BCUT2D eigenvalue weighted by Gasteiger charge is 2.47. The van der Waals surface area contributed by atoms with Crippen LogP contribution in [0, 0.1) is 0 Å². The molecule has 1 fully saturated rings. The van der Waals surface area contributed by atoms with Crippen molar-refractivity contribution in [2.75, 3.05) is 12.0 Å². The number of aliphatic hydroxyl groups is 1. The minimum atomic E-state index is -0.970. The second-order valence-electron chi connectivity index (χ2n) is 10.1. The number of carbonyl (C=O) groups excluding carboxylic acids is 2. The van der Waals surface area contributed by atoms with Crippen molar-refractivity contribution in [1.82, 2.24) is 0 Å². The second-order valence-corrected chi connectivity index (χ2v) is 11.0. The van der Waals surface area contributed by atoms with E-state index in [4.69, 9.17) is 9.84 Å². The summed E-state index contributed by atoms with van der Waals surface area (Å²) in [4.78, 5) is 39.3. The van der Waals surface area contributed by atoms with Gasteiger partial charge in [0.1, 0.15) is 11.5 Å². The van der Waals surface area contributed by atoms with Gasteiger partial charge in [-0.1, -0.05) is 57.2 Å². The summed E-state index contributed by atoms with van der Waals surface area (Å²) >= 11 is 3.41. The van der Waals surface area contributed by atoms with Crippen molar-refractivity contribution in [3.05, 3.63) is 99.0 Å². The molecule has 3 aromatic rings. The maximum Gasteiger partial charge on any atom is 0.307 e. The average Bonchev–Trinajstić information content (AvgIpc) is 3.13. The number of anilines is 1. The van der Waals surface area contributed by atoms with Gasteiger partial charge in [-0.05, 0) is 68.4 Å². The number of hydrogen-bond acceptors (Lipinski definition) is 5. The molecule has 1 unspecified atom stereocenters. The number of Topliss-reactive ketones (excluding diaryl/α,β-unsaturated/α-hetero) is 1. The van der Waals surface area contributed by atoms with Crippen molar-refractivity contribution < 1.29 is 29.3 Å². The Morgan fingerprint density at radius 2 is 1.61 bits per heavy atom. The quantitative estimate of drug-likeness (QED) is 0.211. The summed E-state index contributed by atoms with van der Waals surface area (Å²) in [5.41, 5.74) is 2.92. The summed E-state index contributed by atoms with van der Waals surface area (Å²) < 4.78 is 5.85. The molecule has 1 heterocycles. The average molecular weight is 578 g/mol. The number of nitrogens with zero attached hydrogens (tertiary/aromatic N) is 1. The molecule has 0 aliphatic carbocycles. The predicted octanol–water partition coefficient (Wildman–Crippen LogP) is 6.01. The lowest BCUT2D eigenvalue weighted by Gasteiger charge is -2.27. The molecule has 1 aliphatic heterocycles. The molecule has 1 aliphatic rings. The van der Waals surface area contributed by atoms with Gasteiger partial charge >= 0.3 is 5.97 Å². The van der Waals surface area contributed by atoms with E-state index < -0.39 is 23.7 Å². The zero-order valence-electron chi connectivity index (χ0n) is 21.5.